The molecule has 4 rings (SSSR count). The second-order valence-corrected chi connectivity index (χ2v) is 14.0. The van der Waals surface area contributed by atoms with Gasteiger partial charge in [-0.1, -0.05) is 84.8 Å². The van der Waals surface area contributed by atoms with Crippen molar-refractivity contribution >= 4 is 62.3 Å². The van der Waals surface area contributed by atoms with Gasteiger partial charge >= 0.3 is 0 Å². The van der Waals surface area contributed by atoms with E-state index in [4.69, 9.17) is 34.8 Å². The molecular formula is C32H36Cl3N3O4S. The van der Waals surface area contributed by atoms with E-state index < -0.39 is 28.5 Å². The molecule has 0 aliphatic heterocycles. The Labute approximate surface area is 269 Å². The van der Waals surface area contributed by atoms with Gasteiger partial charge in [-0.25, -0.2) is 8.42 Å². The minimum Gasteiger partial charge on any atom is -0.352 e. The number of benzene rings is 3. The summed E-state index contributed by atoms with van der Waals surface area (Å²) in [6.07, 6.45) is 5.35. The lowest BCUT2D eigenvalue weighted by atomic mass is 9.95. The Hall–Kier alpha value is -2.78. The van der Waals surface area contributed by atoms with Gasteiger partial charge in [0.2, 0.25) is 11.8 Å². The van der Waals surface area contributed by atoms with Gasteiger partial charge in [0, 0.05) is 17.6 Å². The highest BCUT2D eigenvalue weighted by molar-refractivity contribution is 7.92. The zero-order valence-electron chi connectivity index (χ0n) is 24.2. The van der Waals surface area contributed by atoms with E-state index in [1.54, 1.807) is 42.5 Å². The van der Waals surface area contributed by atoms with E-state index in [0.717, 1.165) is 42.0 Å². The monoisotopic (exact) mass is 663 g/mol. The summed E-state index contributed by atoms with van der Waals surface area (Å²) in [5, 5.41) is 4.21. The smallest absolute Gasteiger partial charge is 0.264 e. The summed E-state index contributed by atoms with van der Waals surface area (Å²) in [4.78, 5) is 29.3. The zero-order valence-corrected chi connectivity index (χ0v) is 27.3. The summed E-state index contributed by atoms with van der Waals surface area (Å²) in [7, 11) is -4.18. The minimum atomic E-state index is -4.18. The van der Waals surface area contributed by atoms with Gasteiger partial charge < -0.3 is 10.2 Å². The fourth-order valence-electron chi connectivity index (χ4n) is 5.27. The normalized spacial score (nSPS) is 14.6. The van der Waals surface area contributed by atoms with Gasteiger partial charge in [0.05, 0.1) is 20.6 Å². The Bertz CT molecular complexity index is 1530. The summed E-state index contributed by atoms with van der Waals surface area (Å²) in [6.45, 7) is 3.24. The third-order valence-corrected chi connectivity index (χ3v) is 10.5. The van der Waals surface area contributed by atoms with Gasteiger partial charge in [0.15, 0.2) is 0 Å². The lowest BCUT2D eigenvalue weighted by Gasteiger charge is -2.34. The fraction of sp³-hybridized carbons (Fsp3) is 0.375. The van der Waals surface area contributed by atoms with Gasteiger partial charge in [-0.15, -0.1) is 0 Å². The highest BCUT2D eigenvalue weighted by atomic mass is 35.5. The van der Waals surface area contributed by atoms with Crippen LogP contribution in [-0.4, -0.2) is 43.8 Å². The Morgan fingerprint density at radius 3 is 2.16 bits per heavy atom. The molecule has 1 fully saturated rings. The molecule has 230 valence electrons. The van der Waals surface area contributed by atoms with Crippen LogP contribution in [-0.2, 0) is 26.2 Å². The average molecular weight is 665 g/mol. The third-order valence-electron chi connectivity index (χ3n) is 7.68. The van der Waals surface area contributed by atoms with Crippen molar-refractivity contribution in [3.05, 3.63) is 92.9 Å². The van der Waals surface area contributed by atoms with Crippen LogP contribution in [0.5, 0.6) is 0 Å². The molecular weight excluding hydrogens is 629 g/mol. The first-order chi connectivity index (χ1) is 20.5. The van der Waals surface area contributed by atoms with Crippen molar-refractivity contribution in [1.29, 1.82) is 0 Å². The van der Waals surface area contributed by atoms with Gasteiger partial charge in [-0.2, -0.15) is 0 Å². The quantitative estimate of drug-likeness (QED) is 0.231. The first-order valence-corrected chi connectivity index (χ1v) is 17.0. The number of carbonyl (C=O) groups is 2. The Kier molecular flexibility index (Phi) is 11.4. The number of nitrogens with one attached hydrogen (secondary N) is 1. The number of hydrogen-bond acceptors (Lipinski definition) is 4. The number of rotatable bonds is 11. The molecule has 0 heterocycles. The van der Waals surface area contributed by atoms with E-state index in [1.807, 2.05) is 13.8 Å². The van der Waals surface area contributed by atoms with Crippen LogP contribution >= 0.6 is 34.8 Å². The second-order valence-electron chi connectivity index (χ2n) is 10.8. The van der Waals surface area contributed by atoms with Gasteiger partial charge in [-0.3, -0.25) is 13.9 Å². The maximum absolute atomic E-state index is 14.2. The number of halogens is 3. The van der Waals surface area contributed by atoms with E-state index >= 15 is 0 Å². The van der Waals surface area contributed by atoms with Gasteiger partial charge in [0.1, 0.15) is 12.6 Å². The minimum absolute atomic E-state index is 0.0107. The predicted octanol–water partition coefficient (Wildman–Crippen LogP) is 7.41. The SMILES string of the molecule is CCC(C(=O)NC1CCCCC1)N(Cc1ccc(Cl)c(Cl)c1)C(=O)CN(c1ccc(C)cc1)S(=O)(=O)c1ccc(Cl)cc1. The molecule has 1 atom stereocenters. The molecule has 3 aromatic carbocycles. The topological polar surface area (TPSA) is 86.8 Å². The lowest BCUT2D eigenvalue weighted by Crippen LogP contribution is -2.54. The molecule has 43 heavy (non-hydrogen) atoms. The number of carbonyl (C=O) groups excluding carboxylic acids is 2. The average Bonchev–Trinajstić information content (AvgIpc) is 2.98. The number of amides is 2. The summed E-state index contributed by atoms with van der Waals surface area (Å²) < 4.78 is 29.0. The van der Waals surface area contributed by atoms with E-state index in [-0.39, 0.29) is 23.4 Å². The van der Waals surface area contributed by atoms with E-state index in [9.17, 15) is 18.0 Å². The molecule has 1 aliphatic carbocycles. The van der Waals surface area contributed by atoms with Crippen LogP contribution in [0.3, 0.4) is 0 Å². The van der Waals surface area contributed by atoms with Crippen LogP contribution in [0.25, 0.3) is 0 Å². The van der Waals surface area contributed by atoms with Gasteiger partial charge in [-0.05, 0) is 80.3 Å². The molecule has 1 unspecified atom stereocenters. The molecule has 2 amide bonds. The van der Waals surface area contributed by atoms with E-state index in [1.165, 1.54) is 29.2 Å². The number of anilines is 1. The van der Waals surface area contributed by atoms with Crippen LogP contribution < -0.4 is 9.62 Å². The molecule has 0 radical (unpaired) electrons. The van der Waals surface area contributed by atoms with E-state index in [0.29, 0.717) is 32.7 Å². The maximum atomic E-state index is 14.2. The predicted molar refractivity (Wildman–Crippen MR) is 173 cm³/mol. The molecule has 0 saturated heterocycles. The van der Waals surface area contributed by atoms with Crippen LogP contribution in [0.4, 0.5) is 5.69 Å². The zero-order chi connectivity index (χ0) is 31.1. The van der Waals surface area contributed by atoms with Crippen molar-refractivity contribution < 1.29 is 18.0 Å². The summed E-state index contributed by atoms with van der Waals surface area (Å²) in [5.41, 5.74) is 1.92. The molecule has 11 heteroatoms. The maximum Gasteiger partial charge on any atom is 0.264 e. The lowest BCUT2D eigenvalue weighted by molar-refractivity contribution is -0.140. The Morgan fingerprint density at radius 2 is 1.56 bits per heavy atom. The van der Waals surface area contributed by atoms with Crippen molar-refractivity contribution in [3.63, 3.8) is 0 Å². The van der Waals surface area contributed by atoms with Crippen LogP contribution in [0.2, 0.25) is 15.1 Å². The number of hydrogen-bond donors (Lipinski definition) is 1. The molecule has 1 aliphatic rings. The molecule has 0 spiro atoms. The van der Waals surface area contributed by atoms with Crippen LogP contribution in [0.1, 0.15) is 56.6 Å². The summed E-state index contributed by atoms with van der Waals surface area (Å²) in [6, 6.07) is 16.9. The summed E-state index contributed by atoms with van der Waals surface area (Å²) in [5.74, 6) is -0.792. The van der Waals surface area contributed by atoms with Crippen molar-refractivity contribution in [2.24, 2.45) is 0 Å². The van der Waals surface area contributed by atoms with E-state index in [2.05, 4.69) is 5.32 Å². The standard InChI is InChI=1S/C32H36Cl3N3O4S/c1-3-30(32(40)36-25-7-5-4-6-8-25)37(20-23-11-18-28(34)29(35)19-23)31(39)21-38(26-14-9-22(2)10-15-26)43(41,42)27-16-12-24(33)13-17-27/h9-19,25,30H,3-8,20-21H2,1-2H3,(H,36,40). The molecule has 0 bridgehead atoms. The Balaban J connectivity index is 1.71. The molecule has 0 aromatic heterocycles. The first-order valence-electron chi connectivity index (χ1n) is 14.4. The van der Waals surface area contributed by atoms with Crippen molar-refractivity contribution in [2.75, 3.05) is 10.8 Å². The first kappa shape index (κ1) is 33.1. The molecule has 1 N–H and O–H groups in total. The van der Waals surface area contributed by atoms with Crippen LogP contribution in [0.15, 0.2) is 71.6 Å². The molecule has 7 nitrogen and oxygen atoms in total. The second kappa shape index (κ2) is 14.8. The highest BCUT2D eigenvalue weighted by Crippen LogP contribution is 2.28. The molecule has 3 aromatic rings. The van der Waals surface area contributed by atoms with Crippen molar-refractivity contribution in [1.82, 2.24) is 10.2 Å². The molecule has 1 saturated carbocycles. The van der Waals surface area contributed by atoms with Crippen LogP contribution in [0, 0.1) is 6.92 Å². The number of nitrogens with zero attached hydrogens (tertiary/aromatic N) is 2. The van der Waals surface area contributed by atoms with Gasteiger partial charge in [0.25, 0.3) is 10.0 Å². The van der Waals surface area contributed by atoms with Crippen molar-refractivity contribution in [2.45, 2.75) is 75.9 Å². The Morgan fingerprint density at radius 1 is 0.907 bits per heavy atom. The highest BCUT2D eigenvalue weighted by Gasteiger charge is 2.34. The largest absolute Gasteiger partial charge is 0.352 e. The van der Waals surface area contributed by atoms with Crippen molar-refractivity contribution in [3.8, 4) is 0 Å². The third kappa shape index (κ3) is 8.44. The summed E-state index contributed by atoms with van der Waals surface area (Å²) >= 11 is 18.4. The fourth-order valence-corrected chi connectivity index (χ4v) is 7.13. The number of sulfonamides is 1. The number of aryl methyl sites for hydroxylation is 1.